The fourth-order valence-electron chi connectivity index (χ4n) is 3.19. The first kappa shape index (κ1) is 15.2. The topological polar surface area (TPSA) is 47.6 Å². The smallest absolute Gasteiger partial charge is 0.223 e. The highest BCUT2D eigenvalue weighted by Gasteiger charge is 2.19. The van der Waals surface area contributed by atoms with Gasteiger partial charge in [-0.3, -0.25) is 4.79 Å². The lowest BCUT2D eigenvalue weighted by Gasteiger charge is -2.15. The third-order valence-corrected chi connectivity index (χ3v) is 4.50. The molecule has 1 N–H and O–H groups in total. The minimum Gasteiger partial charge on any atom is -0.490 e. The molecule has 1 aliphatic carbocycles. The average molecular weight is 303 g/mol. The Hall–Kier alpha value is -1.71. The van der Waals surface area contributed by atoms with Crippen LogP contribution in [0.1, 0.15) is 50.5 Å². The molecule has 120 valence electrons. The molecule has 0 atom stereocenters. The fraction of sp³-hybridized carbons (Fsp3) is 0.611. The number of hydrogen-bond donors (Lipinski definition) is 1. The van der Waals surface area contributed by atoms with E-state index in [0.29, 0.717) is 19.8 Å². The lowest BCUT2D eigenvalue weighted by molar-refractivity contribution is -0.125. The maximum absolute atomic E-state index is 12.3. The molecular formula is C18H25NO3. The molecule has 1 fully saturated rings. The zero-order valence-corrected chi connectivity index (χ0v) is 13.1. The van der Waals surface area contributed by atoms with E-state index >= 15 is 0 Å². The minimum atomic E-state index is 0.197. The lowest BCUT2D eigenvalue weighted by Crippen LogP contribution is -2.30. The number of carbonyl (C=O) groups is 1. The number of benzene rings is 1. The van der Waals surface area contributed by atoms with Crippen molar-refractivity contribution < 1.29 is 14.3 Å². The number of carbonyl (C=O) groups excluding carboxylic acids is 1. The summed E-state index contributed by atoms with van der Waals surface area (Å²) in [5.41, 5.74) is 1.06. The van der Waals surface area contributed by atoms with Crippen molar-refractivity contribution in [3.05, 3.63) is 23.8 Å². The van der Waals surface area contributed by atoms with Gasteiger partial charge in [0.2, 0.25) is 5.91 Å². The van der Waals surface area contributed by atoms with E-state index in [0.717, 1.165) is 36.3 Å². The molecule has 1 aromatic rings. The molecule has 0 bridgehead atoms. The highest BCUT2D eigenvalue weighted by atomic mass is 16.5. The van der Waals surface area contributed by atoms with Gasteiger partial charge in [0.15, 0.2) is 11.5 Å². The molecule has 0 aromatic heterocycles. The van der Waals surface area contributed by atoms with Gasteiger partial charge in [-0.15, -0.1) is 0 Å². The predicted octanol–water partition coefficient (Wildman–Crippen LogP) is 3.43. The third-order valence-electron chi connectivity index (χ3n) is 4.50. The van der Waals surface area contributed by atoms with Gasteiger partial charge in [0.25, 0.3) is 0 Å². The number of hydrogen-bond acceptors (Lipinski definition) is 3. The van der Waals surface area contributed by atoms with Crippen LogP contribution in [0.5, 0.6) is 11.5 Å². The number of amides is 1. The quantitative estimate of drug-likeness (QED) is 0.870. The Bertz CT molecular complexity index is 507. The molecule has 0 spiro atoms. The summed E-state index contributed by atoms with van der Waals surface area (Å²) in [4.78, 5) is 12.3. The summed E-state index contributed by atoms with van der Waals surface area (Å²) in [7, 11) is 0. The van der Waals surface area contributed by atoms with E-state index < -0.39 is 0 Å². The van der Waals surface area contributed by atoms with Crippen LogP contribution < -0.4 is 14.8 Å². The minimum absolute atomic E-state index is 0.197. The Morgan fingerprint density at radius 3 is 2.50 bits per heavy atom. The molecule has 4 nitrogen and oxygen atoms in total. The summed E-state index contributed by atoms with van der Waals surface area (Å²) in [6.45, 7) is 1.95. The molecule has 0 saturated heterocycles. The second kappa shape index (κ2) is 7.52. The summed E-state index contributed by atoms with van der Waals surface area (Å²) in [5, 5.41) is 3.08. The Morgan fingerprint density at radius 1 is 1.00 bits per heavy atom. The number of nitrogens with one attached hydrogen (secondary N) is 1. The predicted molar refractivity (Wildman–Crippen MR) is 85.1 cm³/mol. The van der Waals surface area contributed by atoms with Crippen LogP contribution in [0.3, 0.4) is 0 Å². The standard InChI is InChI=1S/C18H25NO3/c20-18(15-6-3-1-2-4-7-15)19-13-14-8-9-16-17(12-14)22-11-5-10-21-16/h8-9,12,15H,1-7,10-11,13H2,(H,19,20). The van der Waals surface area contributed by atoms with Crippen LogP contribution in [0.25, 0.3) is 0 Å². The van der Waals surface area contributed by atoms with Gasteiger partial charge >= 0.3 is 0 Å². The van der Waals surface area contributed by atoms with Crippen molar-refractivity contribution >= 4 is 5.91 Å². The number of rotatable bonds is 3. The van der Waals surface area contributed by atoms with Crippen molar-refractivity contribution in [2.45, 2.75) is 51.5 Å². The van der Waals surface area contributed by atoms with Crippen molar-refractivity contribution in [3.8, 4) is 11.5 Å². The second-order valence-electron chi connectivity index (χ2n) is 6.24. The molecule has 4 heteroatoms. The third kappa shape index (κ3) is 3.93. The Balaban J connectivity index is 1.56. The molecule has 3 rings (SSSR count). The van der Waals surface area contributed by atoms with Gasteiger partial charge in [-0.2, -0.15) is 0 Å². The largest absolute Gasteiger partial charge is 0.490 e. The van der Waals surface area contributed by atoms with Crippen LogP contribution in [0, 0.1) is 5.92 Å². The fourth-order valence-corrected chi connectivity index (χ4v) is 3.19. The first-order valence-electron chi connectivity index (χ1n) is 8.49. The van der Waals surface area contributed by atoms with Gasteiger partial charge in [0.1, 0.15) is 0 Å². The van der Waals surface area contributed by atoms with Crippen LogP contribution in [-0.2, 0) is 11.3 Å². The average Bonchev–Trinajstić information content (AvgIpc) is 2.94. The zero-order chi connectivity index (χ0) is 15.2. The van der Waals surface area contributed by atoms with Crippen molar-refractivity contribution in [1.82, 2.24) is 5.32 Å². The second-order valence-corrected chi connectivity index (χ2v) is 6.24. The van der Waals surface area contributed by atoms with E-state index in [2.05, 4.69) is 5.32 Å². The van der Waals surface area contributed by atoms with Gasteiger partial charge in [0, 0.05) is 18.9 Å². The van der Waals surface area contributed by atoms with E-state index in [1.54, 1.807) is 0 Å². The highest BCUT2D eigenvalue weighted by Crippen LogP contribution is 2.30. The molecule has 0 unspecified atom stereocenters. The van der Waals surface area contributed by atoms with E-state index in [1.807, 2.05) is 18.2 Å². The molecule has 1 saturated carbocycles. The lowest BCUT2D eigenvalue weighted by atomic mass is 9.99. The van der Waals surface area contributed by atoms with Gasteiger partial charge in [-0.25, -0.2) is 0 Å². The zero-order valence-electron chi connectivity index (χ0n) is 13.1. The number of ether oxygens (including phenoxy) is 2. The molecule has 22 heavy (non-hydrogen) atoms. The molecule has 1 aliphatic heterocycles. The number of fused-ring (bicyclic) bond motifs is 1. The van der Waals surface area contributed by atoms with Gasteiger partial charge < -0.3 is 14.8 Å². The normalized spacial score (nSPS) is 19.1. The van der Waals surface area contributed by atoms with Crippen molar-refractivity contribution in [2.75, 3.05) is 13.2 Å². The van der Waals surface area contributed by atoms with Crippen LogP contribution >= 0.6 is 0 Å². The molecule has 1 heterocycles. The SMILES string of the molecule is O=C(NCc1ccc2c(c1)OCCCO2)C1CCCCCC1. The molecule has 2 aliphatic rings. The first-order valence-corrected chi connectivity index (χ1v) is 8.49. The summed E-state index contributed by atoms with van der Waals surface area (Å²) in [6.07, 6.45) is 7.88. The Kier molecular flexibility index (Phi) is 5.20. The van der Waals surface area contributed by atoms with Crippen molar-refractivity contribution in [1.29, 1.82) is 0 Å². The van der Waals surface area contributed by atoms with E-state index in [1.165, 1.54) is 25.7 Å². The summed E-state index contributed by atoms with van der Waals surface area (Å²) in [6, 6.07) is 5.92. The maximum Gasteiger partial charge on any atom is 0.223 e. The molecule has 1 aromatic carbocycles. The maximum atomic E-state index is 12.3. The van der Waals surface area contributed by atoms with Crippen LogP contribution in [0.15, 0.2) is 18.2 Å². The molecule has 0 radical (unpaired) electrons. The Labute approximate surface area is 132 Å². The summed E-state index contributed by atoms with van der Waals surface area (Å²) < 4.78 is 11.3. The Morgan fingerprint density at radius 2 is 1.73 bits per heavy atom. The first-order chi connectivity index (χ1) is 10.8. The summed E-state index contributed by atoms with van der Waals surface area (Å²) >= 11 is 0. The van der Waals surface area contributed by atoms with Crippen molar-refractivity contribution in [3.63, 3.8) is 0 Å². The van der Waals surface area contributed by atoms with E-state index in [4.69, 9.17) is 9.47 Å². The van der Waals surface area contributed by atoms with Gasteiger partial charge in [-0.1, -0.05) is 31.7 Å². The van der Waals surface area contributed by atoms with Gasteiger partial charge in [-0.05, 0) is 30.5 Å². The van der Waals surface area contributed by atoms with Crippen LogP contribution in [-0.4, -0.2) is 19.1 Å². The summed E-state index contributed by atoms with van der Waals surface area (Å²) in [5.74, 6) is 1.99. The monoisotopic (exact) mass is 303 g/mol. The highest BCUT2D eigenvalue weighted by molar-refractivity contribution is 5.78. The van der Waals surface area contributed by atoms with E-state index in [9.17, 15) is 4.79 Å². The van der Waals surface area contributed by atoms with Crippen LogP contribution in [0.4, 0.5) is 0 Å². The van der Waals surface area contributed by atoms with Crippen LogP contribution in [0.2, 0.25) is 0 Å². The van der Waals surface area contributed by atoms with Gasteiger partial charge in [0.05, 0.1) is 13.2 Å². The van der Waals surface area contributed by atoms with Crippen molar-refractivity contribution in [2.24, 2.45) is 5.92 Å². The van der Waals surface area contributed by atoms with E-state index in [-0.39, 0.29) is 11.8 Å². The molecular weight excluding hydrogens is 278 g/mol. The molecule has 1 amide bonds.